The molecule has 2 aromatic rings. The van der Waals surface area contributed by atoms with Crippen molar-refractivity contribution in [3.63, 3.8) is 0 Å². The van der Waals surface area contributed by atoms with Crippen LogP contribution in [0.3, 0.4) is 0 Å². The molecule has 0 radical (unpaired) electrons. The van der Waals surface area contributed by atoms with Gasteiger partial charge in [0.15, 0.2) is 0 Å². The number of para-hydroxylation sites is 1. The molecule has 2 rings (SSSR count). The van der Waals surface area contributed by atoms with Gasteiger partial charge in [0.05, 0.1) is 6.26 Å². The normalized spacial score (nSPS) is 11.2. The number of ether oxygens (including phenoxy) is 1. The minimum Gasteiger partial charge on any atom is -0.465 e. The molecular formula is C20H23NO2. The fraction of sp³-hybridized carbons (Fsp3) is 0.250. The fourth-order valence-electron chi connectivity index (χ4n) is 2.32. The maximum atomic E-state index is 12.2. The molecule has 0 aliphatic heterocycles. The Kier molecular flexibility index (Phi) is 5.98. The van der Waals surface area contributed by atoms with Gasteiger partial charge < -0.3 is 10.1 Å². The topological polar surface area (TPSA) is 38.3 Å². The molecule has 0 heterocycles. The summed E-state index contributed by atoms with van der Waals surface area (Å²) in [7, 11) is 0. The van der Waals surface area contributed by atoms with Gasteiger partial charge in [-0.15, -0.1) is 0 Å². The smallest absolute Gasteiger partial charge is 0.254 e. The predicted octanol–water partition coefficient (Wildman–Crippen LogP) is 4.73. The monoisotopic (exact) mass is 309 g/mol. The minimum absolute atomic E-state index is 0.160. The zero-order valence-corrected chi connectivity index (χ0v) is 13.9. The van der Waals surface area contributed by atoms with Crippen LogP contribution < -0.4 is 10.1 Å². The van der Waals surface area contributed by atoms with Gasteiger partial charge in [-0.1, -0.05) is 38.1 Å². The quantitative estimate of drug-likeness (QED) is 0.618. The van der Waals surface area contributed by atoms with Crippen LogP contribution in [0.15, 0.2) is 60.4 Å². The van der Waals surface area contributed by atoms with E-state index < -0.39 is 0 Å². The van der Waals surface area contributed by atoms with Crippen molar-refractivity contribution in [3.8, 4) is 5.75 Å². The van der Waals surface area contributed by atoms with Crippen molar-refractivity contribution in [2.75, 3.05) is 5.32 Å². The standard InChI is InChI=1S/C20H23NO2/c1-4-16-11-12-18(13-17(16)5-2)21-20(22)15(3)14-23-19-9-7-6-8-10-19/h6-14H,4-5H2,1-3H3,(H,21,22)/b15-14+. The van der Waals surface area contributed by atoms with E-state index in [1.165, 1.54) is 17.4 Å². The molecule has 0 saturated heterocycles. The second-order valence-electron chi connectivity index (χ2n) is 5.38. The van der Waals surface area contributed by atoms with Gasteiger partial charge in [-0.05, 0) is 55.2 Å². The summed E-state index contributed by atoms with van der Waals surface area (Å²) < 4.78 is 5.49. The number of benzene rings is 2. The van der Waals surface area contributed by atoms with Crippen molar-refractivity contribution in [2.45, 2.75) is 33.6 Å². The molecule has 0 unspecified atom stereocenters. The van der Waals surface area contributed by atoms with Crippen molar-refractivity contribution in [2.24, 2.45) is 0 Å². The number of hydrogen-bond donors (Lipinski definition) is 1. The van der Waals surface area contributed by atoms with Crippen LogP contribution in [0, 0.1) is 0 Å². The van der Waals surface area contributed by atoms with E-state index in [-0.39, 0.29) is 5.91 Å². The van der Waals surface area contributed by atoms with E-state index in [1.54, 1.807) is 6.92 Å². The summed E-state index contributed by atoms with van der Waals surface area (Å²) in [4.78, 5) is 12.2. The van der Waals surface area contributed by atoms with Crippen LogP contribution in [0.4, 0.5) is 5.69 Å². The third-order valence-corrected chi connectivity index (χ3v) is 3.70. The lowest BCUT2D eigenvalue weighted by Crippen LogP contribution is -2.13. The zero-order valence-electron chi connectivity index (χ0n) is 13.9. The van der Waals surface area contributed by atoms with Crippen molar-refractivity contribution < 1.29 is 9.53 Å². The highest BCUT2D eigenvalue weighted by Gasteiger charge is 2.07. The van der Waals surface area contributed by atoms with E-state index >= 15 is 0 Å². The van der Waals surface area contributed by atoms with E-state index in [2.05, 4.69) is 25.2 Å². The molecule has 3 heteroatoms. The van der Waals surface area contributed by atoms with Crippen LogP contribution in [0.5, 0.6) is 5.75 Å². The predicted molar refractivity (Wildman–Crippen MR) is 94.7 cm³/mol. The highest BCUT2D eigenvalue weighted by Crippen LogP contribution is 2.18. The molecule has 1 amide bonds. The fourth-order valence-corrected chi connectivity index (χ4v) is 2.32. The minimum atomic E-state index is -0.160. The molecule has 0 bridgehead atoms. The van der Waals surface area contributed by atoms with Crippen molar-refractivity contribution in [1.29, 1.82) is 0 Å². The largest absolute Gasteiger partial charge is 0.465 e. The van der Waals surface area contributed by atoms with Gasteiger partial charge in [0.25, 0.3) is 5.91 Å². The Bertz CT molecular complexity index is 690. The molecule has 0 atom stereocenters. The SMILES string of the molecule is CCc1ccc(NC(=O)/C(C)=C/Oc2ccccc2)cc1CC. The second-order valence-corrected chi connectivity index (χ2v) is 5.38. The summed E-state index contributed by atoms with van der Waals surface area (Å²) in [6, 6.07) is 15.5. The highest BCUT2D eigenvalue weighted by atomic mass is 16.5. The Morgan fingerprint density at radius 2 is 1.74 bits per heavy atom. The number of nitrogens with one attached hydrogen (secondary N) is 1. The van der Waals surface area contributed by atoms with E-state index in [9.17, 15) is 4.79 Å². The van der Waals surface area contributed by atoms with Crippen LogP contribution in [-0.2, 0) is 17.6 Å². The first-order valence-corrected chi connectivity index (χ1v) is 7.95. The number of aryl methyl sites for hydroxylation is 2. The summed E-state index contributed by atoms with van der Waals surface area (Å²) in [5.41, 5.74) is 3.93. The lowest BCUT2D eigenvalue weighted by Gasteiger charge is -2.10. The molecule has 1 N–H and O–H groups in total. The first-order chi connectivity index (χ1) is 11.1. The molecule has 0 spiro atoms. The number of hydrogen-bond acceptors (Lipinski definition) is 2. The van der Waals surface area contributed by atoms with Gasteiger partial charge in [0, 0.05) is 11.3 Å². The number of anilines is 1. The number of carbonyl (C=O) groups is 1. The van der Waals surface area contributed by atoms with Crippen molar-refractivity contribution >= 4 is 11.6 Å². The Morgan fingerprint density at radius 1 is 1.04 bits per heavy atom. The third-order valence-electron chi connectivity index (χ3n) is 3.70. The Morgan fingerprint density at radius 3 is 2.39 bits per heavy atom. The van der Waals surface area contributed by atoms with E-state index in [1.807, 2.05) is 42.5 Å². The number of amides is 1. The average molecular weight is 309 g/mol. The van der Waals surface area contributed by atoms with E-state index in [4.69, 9.17) is 4.74 Å². The van der Waals surface area contributed by atoms with Gasteiger partial charge in [-0.3, -0.25) is 4.79 Å². The molecular weight excluding hydrogens is 286 g/mol. The molecule has 0 aromatic heterocycles. The Balaban J connectivity index is 2.03. The summed E-state index contributed by atoms with van der Waals surface area (Å²) in [5, 5.41) is 2.92. The molecule has 3 nitrogen and oxygen atoms in total. The second kappa shape index (κ2) is 8.18. The van der Waals surface area contributed by atoms with Crippen LogP contribution >= 0.6 is 0 Å². The van der Waals surface area contributed by atoms with Gasteiger partial charge in [0.2, 0.25) is 0 Å². The molecule has 0 aliphatic rings. The Labute approximate surface area is 138 Å². The third kappa shape index (κ3) is 4.71. The first-order valence-electron chi connectivity index (χ1n) is 7.95. The lowest BCUT2D eigenvalue weighted by molar-refractivity contribution is -0.112. The van der Waals surface area contributed by atoms with Crippen molar-refractivity contribution in [1.82, 2.24) is 0 Å². The van der Waals surface area contributed by atoms with Gasteiger partial charge in [-0.2, -0.15) is 0 Å². The summed E-state index contributed by atoms with van der Waals surface area (Å²) >= 11 is 0. The summed E-state index contributed by atoms with van der Waals surface area (Å²) in [6.07, 6.45) is 3.44. The van der Waals surface area contributed by atoms with Crippen LogP contribution in [0.25, 0.3) is 0 Å². The molecule has 120 valence electrons. The molecule has 0 fully saturated rings. The summed E-state index contributed by atoms with van der Waals surface area (Å²) in [6.45, 7) is 6.00. The molecule has 23 heavy (non-hydrogen) atoms. The molecule has 2 aromatic carbocycles. The van der Waals surface area contributed by atoms with Crippen LogP contribution in [-0.4, -0.2) is 5.91 Å². The van der Waals surface area contributed by atoms with Crippen molar-refractivity contribution in [3.05, 3.63) is 71.5 Å². The first kappa shape index (κ1) is 16.8. The molecule has 0 saturated carbocycles. The van der Waals surface area contributed by atoms with E-state index in [0.29, 0.717) is 11.3 Å². The van der Waals surface area contributed by atoms with Gasteiger partial charge in [0.1, 0.15) is 5.75 Å². The van der Waals surface area contributed by atoms with Gasteiger partial charge in [-0.25, -0.2) is 0 Å². The van der Waals surface area contributed by atoms with E-state index in [0.717, 1.165) is 18.5 Å². The zero-order chi connectivity index (χ0) is 16.7. The Hall–Kier alpha value is -2.55. The number of rotatable bonds is 6. The van der Waals surface area contributed by atoms with Crippen LogP contribution in [0.1, 0.15) is 31.9 Å². The highest BCUT2D eigenvalue weighted by molar-refractivity contribution is 6.03. The van der Waals surface area contributed by atoms with Gasteiger partial charge >= 0.3 is 0 Å². The lowest BCUT2D eigenvalue weighted by atomic mass is 10.0. The maximum absolute atomic E-state index is 12.2. The molecule has 0 aliphatic carbocycles. The van der Waals surface area contributed by atoms with Crippen LogP contribution in [0.2, 0.25) is 0 Å². The number of carbonyl (C=O) groups excluding carboxylic acids is 1. The average Bonchev–Trinajstić information content (AvgIpc) is 2.60. The maximum Gasteiger partial charge on any atom is 0.254 e. The summed E-state index contributed by atoms with van der Waals surface area (Å²) in [5.74, 6) is 0.549.